The molecule has 0 spiro atoms. The lowest BCUT2D eigenvalue weighted by Crippen LogP contribution is -2.24. The van der Waals surface area contributed by atoms with Crippen molar-refractivity contribution in [3.63, 3.8) is 0 Å². The van der Waals surface area contributed by atoms with Crippen LogP contribution >= 0.6 is 0 Å². The van der Waals surface area contributed by atoms with Crippen molar-refractivity contribution < 1.29 is 13.9 Å². The van der Waals surface area contributed by atoms with Crippen molar-refractivity contribution in [1.29, 1.82) is 0 Å². The summed E-state index contributed by atoms with van der Waals surface area (Å²) in [6.45, 7) is 0. The lowest BCUT2D eigenvalue weighted by Gasteiger charge is -2.18. The SMILES string of the molecule is COC(=O)C(Nc1ccccc1F)c1cncn1C. The van der Waals surface area contributed by atoms with Crippen molar-refractivity contribution >= 4 is 11.7 Å². The van der Waals surface area contributed by atoms with Gasteiger partial charge in [0.2, 0.25) is 0 Å². The van der Waals surface area contributed by atoms with Crippen LogP contribution in [0.25, 0.3) is 0 Å². The maximum atomic E-state index is 13.6. The molecule has 0 saturated heterocycles. The number of ether oxygens (including phenoxy) is 1. The van der Waals surface area contributed by atoms with Gasteiger partial charge in [-0.05, 0) is 12.1 Å². The molecule has 0 aliphatic rings. The number of carbonyl (C=O) groups excluding carboxylic acids is 1. The van der Waals surface area contributed by atoms with E-state index in [0.717, 1.165) is 0 Å². The Balaban J connectivity index is 2.33. The minimum atomic E-state index is -0.811. The smallest absolute Gasteiger partial charge is 0.334 e. The van der Waals surface area contributed by atoms with Crippen molar-refractivity contribution in [1.82, 2.24) is 9.55 Å². The summed E-state index contributed by atoms with van der Waals surface area (Å²) in [6.07, 6.45) is 3.10. The fourth-order valence-corrected chi connectivity index (χ4v) is 1.75. The molecule has 100 valence electrons. The third kappa shape index (κ3) is 2.73. The topological polar surface area (TPSA) is 56.1 Å². The van der Waals surface area contributed by atoms with Crippen molar-refractivity contribution in [2.24, 2.45) is 7.05 Å². The molecule has 0 aliphatic carbocycles. The van der Waals surface area contributed by atoms with Crippen molar-refractivity contribution in [3.8, 4) is 0 Å². The number of carbonyl (C=O) groups is 1. The molecule has 0 saturated carbocycles. The second kappa shape index (κ2) is 5.51. The summed E-state index contributed by atoms with van der Waals surface area (Å²) in [5.41, 5.74) is 0.828. The van der Waals surface area contributed by atoms with Crippen LogP contribution in [0.1, 0.15) is 11.7 Å². The van der Waals surface area contributed by atoms with Crippen molar-refractivity contribution in [3.05, 3.63) is 48.3 Å². The van der Waals surface area contributed by atoms with Gasteiger partial charge in [-0.25, -0.2) is 14.2 Å². The number of anilines is 1. The minimum Gasteiger partial charge on any atom is -0.467 e. The third-order valence-corrected chi connectivity index (χ3v) is 2.76. The Bertz CT molecular complexity index is 583. The first-order valence-electron chi connectivity index (χ1n) is 5.68. The second-order valence-electron chi connectivity index (χ2n) is 4.01. The molecule has 0 amide bonds. The molecule has 6 heteroatoms. The van der Waals surface area contributed by atoms with E-state index in [9.17, 15) is 9.18 Å². The molecule has 2 aromatic rings. The lowest BCUT2D eigenvalue weighted by atomic mass is 10.2. The van der Waals surface area contributed by atoms with Gasteiger partial charge >= 0.3 is 5.97 Å². The molecule has 1 aromatic carbocycles. The van der Waals surface area contributed by atoms with Gasteiger partial charge in [0.1, 0.15) is 5.82 Å². The van der Waals surface area contributed by atoms with Crippen LogP contribution in [-0.2, 0) is 16.6 Å². The highest BCUT2D eigenvalue weighted by molar-refractivity contribution is 5.80. The Morgan fingerprint density at radius 1 is 1.47 bits per heavy atom. The van der Waals surface area contributed by atoms with Gasteiger partial charge in [-0.2, -0.15) is 0 Å². The normalized spacial score (nSPS) is 11.9. The number of methoxy groups -OCH3 is 1. The van der Waals surface area contributed by atoms with Crippen LogP contribution in [0.4, 0.5) is 10.1 Å². The summed E-state index contributed by atoms with van der Waals surface area (Å²) < 4.78 is 20.0. The summed E-state index contributed by atoms with van der Waals surface area (Å²) >= 11 is 0. The first kappa shape index (κ1) is 13.1. The zero-order valence-corrected chi connectivity index (χ0v) is 10.6. The number of hydrogen-bond donors (Lipinski definition) is 1. The number of aromatic nitrogens is 2. The van der Waals surface area contributed by atoms with E-state index in [4.69, 9.17) is 4.74 Å². The monoisotopic (exact) mass is 263 g/mol. The molecule has 1 heterocycles. The standard InChI is InChI=1S/C13H14FN3O2/c1-17-8-15-7-11(17)12(13(18)19-2)16-10-6-4-3-5-9(10)14/h3-8,12,16H,1-2H3. The van der Waals surface area contributed by atoms with E-state index < -0.39 is 17.8 Å². The van der Waals surface area contributed by atoms with E-state index in [2.05, 4.69) is 10.3 Å². The zero-order valence-electron chi connectivity index (χ0n) is 10.6. The maximum Gasteiger partial charge on any atom is 0.334 e. The van der Waals surface area contributed by atoms with Gasteiger partial charge in [-0.1, -0.05) is 12.1 Å². The molecule has 0 fully saturated rings. The van der Waals surface area contributed by atoms with Crippen LogP contribution in [0, 0.1) is 5.82 Å². The first-order valence-corrected chi connectivity index (χ1v) is 5.68. The minimum absolute atomic E-state index is 0.235. The van der Waals surface area contributed by atoms with Crippen LogP contribution < -0.4 is 5.32 Å². The molecule has 0 bridgehead atoms. The van der Waals surface area contributed by atoms with Gasteiger partial charge in [-0.15, -0.1) is 0 Å². The van der Waals surface area contributed by atoms with E-state index >= 15 is 0 Å². The highest BCUT2D eigenvalue weighted by Crippen LogP contribution is 2.22. The fraction of sp³-hybridized carbons (Fsp3) is 0.231. The van der Waals surface area contributed by atoms with Gasteiger partial charge in [0, 0.05) is 7.05 Å². The van der Waals surface area contributed by atoms with Gasteiger partial charge in [-0.3, -0.25) is 0 Å². The number of para-hydroxylation sites is 1. The molecular weight excluding hydrogens is 249 g/mol. The molecule has 1 unspecified atom stereocenters. The molecule has 1 N–H and O–H groups in total. The molecule has 19 heavy (non-hydrogen) atoms. The molecule has 1 atom stereocenters. The lowest BCUT2D eigenvalue weighted by molar-refractivity contribution is -0.141. The zero-order chi connectivity index (χ0) is 13.8. The van der Waals surface area contributed by atoms with Gasteiger partial charge < -0.3 is 14.6 Å². The largest absolute Gasteiger partial charge is 0.467 e. The van der Waals surface area contributed by atoms with Crippen LogP contribution in [0.3, 0.4) is 0 Å². The Hall–Kier alpha value is -2.37. The molecule has 5 nitrogen and oxygen atoms in total. The number of nitrogens with one attached hydrogen (secondary N) is 1. The summed E-state index contributed by atoms with van der Waals surface area (Å²) in [7, 11) is 3.04. The fourth-order valence-electron chi connectivity index (χ4n) is 1.75. The Kier molecular flexibility index (Phi) is 3.79. The number of hydrogen-bond acceptors (Lipinski definition) is 4. The van der Waals surface area contributed by atoms with E-state index in [1.54, 1.807) is 36.1 Å². The number of nitrogens with zero attached hydrogens (tertiary/aromatic N) is 2. The molecular formula is C13H14FN3O2. The molecule has 0 aliphatic heterocycles. The third-order valence-electron chi connectivity index (χ3n) is 2.76. The molecule has 1 aromatic heterocycles. The number of imidazole rings is 1. The van der Waals surface area contributed by atoms with Crippen molar-refractivity contribution in [2.75, 3.05) is 12.4 Å². The summed E-state index contributed by atoms with van der Waals surface area (Å²) in [4.78, 5) is 15.8. The van der Waals surface area contributed by atoms with Crippen LogP contribution in [0.5, 0.6) is 0 Å². The second-order valence-corrected chi connectivity index (χ2v) is 4.01. The van der Waals surface area contributed by atoms with Gasteiger partial charge in [0.15, 0.2) is 6.04 Å². The summed E-state index contributed by atoms with van der Waals surface area (Å²) in [5, 5.41) is 2.83. The maximum absolute atomic E-state index is 13.6. The van der Waals surface area contributed by atoms with E-state index in [1.165, 1.54) is 19.4 Å². The Morgan fingerprint density at radius 3 is 2.79 bits per heavy atom. The Labute approximate surface area is 110 Å². The average molecular weight is 263 g/mol. The van der Waals surface area contributed by atoms with E-state index in [-0.39, 0.29) is 5.69 Å². The highest BCUT2D eigenvalue weighted by atomic mass is 19.1. The average Bonchev–Trinajstić information content (AvgIpc) is 2.83. The molecule has 0 radical (unpaired) electrons. The summed E-state index contributed by atoms with van der Waals surface area (Å²) in [6, 6.07) is 5.33. The van der Waals surface area contributed by atoms with Crippen molar-refractivity contribution in [2.45, 2.75) is 6.04 Å². The molecule has 2 rings (SSSR count). The number of benzene rings is 1. The van der Waals surface area contributed by atoms with E-state index in [1.807, 2.05) is 0 Å². The Morgan fingerprint density at radius 2 is 2.21 bits per heavy atom. The van der Waals surface area contributed by atoms with Gasteiger partial charge in [0.05, 0.1) is 31.0 Å². The number of aryl methyl sites for hydroxylation is 1. The number of halogens is 1. The van der Waals surface area contributed by atoms with Crippen LogP contribution in [0.15, 0.2) is 36.8 Å². The van der Waals surface area contributed by atoms with Crippen LogP contribution in [0.2, 0.25) is 0 Å². The first-order chi connectivity index (χ1) is 9.13. The predicted molar refractivity (Wildman–Crippen MR) is 68.0 cm³/mol. The van der Waals surface area contributed by atoms with Gasteiger partial charge in [0.25, 0.3) is 0 Å². The highest BCUT2D eigenvalue weighted by Gasteiger charge is 2.24. The number of esters is 1. The van der Waals surface area contributed by atoms with Crippen LogP contribution in [-0.4, -0.2) is 22.6 Å². The summed E-state index contributed by atoms with van der Waals surface area (Å²) in [5.74, 6) is -0.939. The predicted octanol–water partition coefficient (Wildman–Crippen LogP) is 1.89. The number of rotatable bonds is 4. The van der Waals surface area contributed by atoms with E-state index in [0.29, 0.717) is 5.69 Å². The quantitative estimate of drug-likeness (QED) is 0.856.